The predicted octanol–water partition coefficient (Wildman–Crippen LogP) is 2.80. The SMILES string of the molecule is Nc1oc2c(-c3ccc(F)cc3)nccc2c1N. The van der Waals surface area contributed by atoms with Gasteiger partial charge in [-0.15, -0.1) is 0 Å². The maximum absolute atomic E-state index is 12.9. The molecular formula is C13H10FN3O. The van der Waals surface area contributed by atoms with Gasteiger partial charge in [0.2, 0.25) is 5.88 Å². The van der Waals surface area contributed by atoms with Gasteiger partial charge in [-0.1, -0.05) is 0 Å². The number of fused-ring (bicyclic) bond motifs is 1. The van der Waals surface area contributed by atoms with Crippen LogP contribution in [0.25, 0.3) is 22.2 Å². The zero-order valence-electron chi connectivity index (χ0n) is 9.35. The van der Waals surface area contributed by atoms with Gasteiger partial charge in [-0.2, -0.15) is 0 Å². The Morgan fingerprint density at radius 2 is 1.78 bits per heavy atom. The first kappa shape index (κ1) is 10.6. The number of benzene rings is 1. The van der Waals surface area contributed by atoms with Crippen molar-refractivity contribution in [2.45, 2.75) is 0 Å². The average Bonchev–Trinajstić information content (AvgIpc) is 2.67. The number of aromatic nitrogens is 1. The van der Waals surface area contributed by atoms with E-state index in [2.05, 4.69) is 4.98 Å². The first-order chi connectivity index (χ1) is 8.66. The van der Waals surface area contributed by atoms with Crippen molar-refractivity contribution in [2.24, 2.45) is 0 Å². The van der Waals surface area contributed by atoms with Crippen LogP contribution in [0.1, 0.15) is 0 Å². The Morgan fingerprint density at radius 1 is 1.06 bits per heavy atom. The Labute approximate surface area is 102 Å². The molecule has 1 aromatic carbocycles. The van der Waals surface area contributed by atoms with Crippen LogP contribution in [0.15, 0.2) is 40.9 Å². The van der Waals surface area contributed by atoms with Crippen LogP contribution in [0.5, 0.6) is 0 Å². The minimum atomic E-state index is -0.301. The third-order valence-electron chi connectivity index (χ3n) is 2.79. The second-order valence-corrected chi connectivity index (χ2v) is 3.92. The van der Waals surface area contributed by atoms with Crippen molar-refractivity contribution in [2.75, 3.05) is 11.5 Å². The molecule has 0 saturated carbocycles. The summed E-state index contributed by atoms with van der Waals surface area (Å²) in [4.78, 5) is 4.23. The zero-order valence-corrected chi connectivity index (χ0v) is 9.35. The summed E-state index contributed by atoms with van der Waals surface area (Å²) in [5.74, 6) is -0.134. The van der Waals surface area contributed by atoms with Crippen LogP contribution < -0.4 is 11.5 Å². The lowest BCUT2D eigenvalue weighted by atomic mass is 10.1. The van der Waals surface area contributed by atoms with Crippen LogP contribution >= 0.6 is 0 Å². The van der Waals surface area contributed by atoms with Crippen LogP contribution in [0.3, 0.4) is 0 Å². The van der Waals surface area contributed by atoms with E-state index in [9.17, 15) is 4.39 Å². The number of hydrogen-bond donors (Lipinski definition) is 2. The zero-order chi connectivity index (χ0) is 12.7. The fourth-order valence-corrected chi connectivity index (χ4v) is 1.87. The van der Waals surface area contributed by atoms with Gasteiger partial charge in [0.25, 0.3) is 0 Å². The largest absolute Gasteiger partial charge is 0.436 e. The molecule has 2 heterocycles. The molecule has 3 aromatic rings. The van der Waals surface area contributed by atoms with Crippen LogP contribution in [-0.4, -0.2) is 4.98 Å². The standard InChI is InChI=1S/C13H10FN3O/c14-8-3-1-7(2-4-8)11-12-9(5-6-17-11)10(15)13(16)18-12/h1-6H,15-16H2. The molecule has 4 N–H and O–H groups in total. The van der Waals surface area contributed by atoms with E-state index >= 15 is 0 Å². The molecule has 0 aliphatic carbocycles. The summed E-state index contributed by atoms with van der Waals surface area (Å²) in [5.41, 5.74) is 13.7. The molecule has 0 spiro atoms. The molecule has 0 atom stereocenters. The second kappa shape index (κ2) is 3.73. The fraction of sp³-hybridized carbons (Fsp3) is 0. The molecule has 18 heavy (non-hydrogen) atoms. The van der Waals surface area contributed by atoms with Gasteiger partial charge in [0.1, 0.15) is 17.2 Å². The van der Waals surface area contributed by atoms with E-state index in [4.69, 9.17) is 15.9 Å². The molecule has 90 valence electrons. The molecule has 0 unspecified atom stereocenters. The lowest BCUT2D eigenvalue weighted by molar-refractivity contribution is 0.627. The molecule has 3 rings (SSSR count). The van der Waals surface area contributed by atoms with Crippen molar-refractivity contribution in [1.29, 1.82) is 0 Å². The molecule has 0 bridgehead atoms. The van der Waals surface area contributed by atoms with E-state index < -0.39 is 0 Å². The normalized spacial score (nSPS) is 10.9. The quantitative estimate of drug-likeness (QED) is 0.688. The number of nitrogens with two attached hydrogens (primary N) is 2. The summed E-state index contributed by atoms with van der Waals surface area (Å²) in [6, 6.07) is 7.73. The Kier molecular flexibility index (Phi) is 2.19. The number of nitrogen functional groups attached to an aromatic ring is 2. The number of hydrogen-bond acceptors (Lipinski definition) is 4. The van der Waals surface area contributed by atoms with Gasteiger partial charge in [-0.3, -0.25) is 4.98 Å². The first-order valence-electron chi connectivity index (χ1n) is 5.35. The highest BCUT2D eigenvalue weighted by atomic mass is 19.1. The van der Waals surface area contributed by atoms with E-state index in [1.54, 1.807) is 24.4 Å². The highest BCUT2D eigenvalue weighted by molar-refractivity contribution is 6.01. The van der Waals surface area contributed by atoms with Crippen molar-refractivity contribution in [1.82, 2.24) is 4.98 Å². The monoisotopic (exact) mass is 243 g/mol. The highest BCUT2D eigenvalue weighted by Gasteiger charge is 2.14. The van der Waals surface area contributed by atoms with E-state index in [1.165, 1.54) is 12.1 Å². The van der Waals surface area contributed by atoms with E-state index in [1.807, 2.05) is 0 Å². The molecule has 4 nitrogen and oxygen atoms in total. The second-order valence-electron chi connectivity index (χ2n) is 3.92. The van der Waals surface area contributed by atoms with E-state index in [0.29, 0.717) is 22.4 Å². The maximum Gasteiger partial charge on any atom is 0.214 e. The Morgan fingerprint density at radius 3 is 2.50 bits per heavy atom. The summed E-state index contributed by atoms with van der Waals surface area (Å²) in [6.45, 7) is 0. The molecular weight excluding hydrogens is 233 g/mol. The number of pyridine rings is 1. The first-order valence-corrected chi connectivity index (χ1v) is 5.35. The Bertz CT molecular complexity index is 719. The number of nitrogens with zero attached hydrogens (tertiary/aromatic N) is 1. The number of rotatable bonds is 1. The summed E-state index contributed by atoms with van der Waals surface area (Å²) >= 11 is 0. The van der Waals surface area contributed by atoms with E-state index in [-0.39, 0.29) is 11.7 Å². The average molecular weight is 243 g/mol. The number of halogens is 1. The van der Waals surface area contributed by atoms with Crippen LogP contribution in [0.2, 0.25) is 0 Å². The third-order valence-corrected chi connectivity index (χ3v) is 2.79. The van der Waals surface area contributed by atoms with Gasteiger partial charge < -0.3 is 15.9 Å². The van der Waals surface area contributed by atoms with Gasteiger partial charge in [0.05, 0.1) is 0 Å². The lowest BCUT2D eigenvalue weighted by Crippen LogP contribution is -1.89. The minimum absolute atomic E-state index is 0.168. The molecule has 5 heteroatoms. The van der Waals surface area contributed by atoms with Gasteiger partial charge in [-0.05, 0) is 30.3 Å². The molecule has 2 aromatic heterocycles. The molecule has 0 fully saturated rings. The van der Waals surface area contributed by atoms with Crippen molar-refractivity contribution < 1.29 is 8.81 Å². The van der Waals surface area contributed by atoms with Gasteiger partial charge in [0.15, 0.2) is 5.58 Å². The number of furan rings is 1. The van der Waals surface area contributed by atoms with Crippen molar-refractivity contribution in [3.05, 3.63) is 42.3 Å². The van der Waals surface area contributed by atoms with Gasteiger partial charge in [0, 0.05) is 17.1 Å². The third kappa shape index (κ3) is 1.48. The molecule has 0 radical (unpaired) electrons. The van der Waals surface area contributed by atoms with Crippen LogP contribution in [0.4, 0.5) is 16.0 Å². The van der Waals surface area contributed by atoms with Crippen molar-refractivity contribution >= 4 is 22.5 Å². The van der Waals surface area contributed by atoms with Gasteiger partial charge in [-0.25, -0.2) is 4.39 Å². The molecule has 0 saturated heterocycles. The fourth-order valence-electron chi connectivity index (χ4n) is 1.87. The van der Waals surface area contributed by atoms with Crippen molar-refractivity contribution in [3.8, 4) is 11.3 Å². The Balaban J connectivity index is 2.29. The minimum Gasteiger partial charge on any atom is -0.436 e. The van der Waals surface area contributed by atoms with Gasteiger partial charge >= 0.3 is 0 Å². The summed E-state index contributed by atoms with van der Waals surface area (Å²) in [7, 11) is 0. The summed E-state index contributed by atoms with van der Waals surface area (Å²) < 4.78 is 18.3. The van der Waals surface area contributed by atoms with E-state index in [0.717, 1.165) is 5.56 Å². The molecule has 0 aliphatic heterocycles. The molecule has 0 amide bonds. The predicted molar refractivity (Wildman–Crippen MR) is 68.2 cm³/mol. The lowest BCUT2D eigenvalue weighted by Gasteiger charge is -2.01. The topological polar surface area (TPSA) is 78.1 Å². The summed E-state index contributed by atoms with van der Waals surface area (Å²) in [5, 5.41) is 0.710. The Hall–Kier alpha value is -2.56. The summed E-state index contributed by atoms with van der Waals surface area (Å²) in [6.07, 6.45) is 1.62. The smallest absolute Gasteiger partial charge is 0.214 e. The highest BCUT2D eigenvalue weighted by Crippen LogP contribution is 2.35. The number of anilines is 2. The van der Waals surface area contributed by atoms with Crippen molar-refractivity contribution in [3.63, 3.8) is 0 Å². The molecule has 0 aliphatic rings. The van der Waals surface area contributed by atoms with Crippen LogP contribution in [-0.2, 0) is 0 Å². The maximum atomic E-state index is 12.9. The van der Waals surface area contributed by atoms with Crippen LogP contribution in [0, 0.1) is 5.82 Å².